The van der Waals surface area contributed by atoms with Crippen LogP contribution in [0.4, 0.5) is 0 Å². The normalized spacial score (nSPS) is 10.8. The zero-order valence-corrected chi connectivity index (χ0v) is 10.7. The molecule has 0 aliphatic rings. The van der Waals surface area contributed by atoms with Gasteiger partial charge in [0.25, 0.3) is 0 Å². The maximum Gasteiger partial charge on any atom is -0.0184 e. The Morgan fingerprint density at radius 2 is 1.35 bits per heavy atom. The van der Waals surface area contributed by atoms with Crippen molar-refractivity contribution in [1.29, 1.82) is 0 Å². The summed E-state index contributed by atoms with van der Waals surface area (Å²) in [4.78, 5) is 0. The summed E-state index contributed by atoms with van der Waals surface area (Å²) in [6.07, 6.45) is 2.46. The number of hydrogen-bond acceptors (Lipinski definition) is 0. The summed E-state index contributed by atoms with van der Waals surface area (Å²) in [5.41, 5.74) is 4.04. The van der Waals surface area contributed by atoms with Crippen molar-refractivity contribution in [3.63, 3.8) is 0 Å². The van der Waals surface area contributed by atoms with Gasteiger partial charge in [0, 0.05) is 0 Å². The summed E-state index contributed by atoms with van der Waals surface area (Å²) in [7, 11) is 0. The third-order valence-electron chi connectivity index (χ3n) is 3.07. The predicted octanol–water partition coefficient (Wildman–Crippen LogP) is 4.94. The van der Waals surface area contributed by atoms with Gasteiger partial charge in [-0.05, 0) is 35.4 Å². The van der Waals surface area contributed by atoms with E-state index < -0.39 is 0 Å². The molecule has 0 heterocycles. The Balaban J connectivity index is 2.08. The molecule has 0 atom stereocenters. The van der Waals surface area contributed by atoms with E-state index >= 15 is 0 Å². The third kappa shape index (κ3) is 3.45. The Bertz CT molecular complexity index is 437. The second kappa shape index (κ2) is 5.67. The molecule has 17 heavy (non-hydrogen) atoms. The molecule has 0 aromatic heterocycles. The average Bonchev–Trinajstić information content (AvgIpc) is 2.38. The first-order valence-electron chi connectivity index (χ1n) is 6.40. The second-order valence-electron chi connectivity index (χ2n) is 5.00. The lowest BCUT2D eigenvalue weighted by molar-refractivity contribution is 0.587. The van der Waals surface area contributed by atoms with Crippen molar-refractivity contribution in [2.24, 2.45) is 5.92 Å². The molecule has 0 saturated heterocycles. The second-order valence-corrected chi connectivity index (χ2v) is 5.00. The SMILES string of the molecule is CC(C)CCc1ccc(-c2ccccc2)cc1. The summed E-state index contributed by atoms with van der Waals surface area (Å²) in [6.45, 7) is 4.55. The number of hydrogen-bond donors (Lipinski definition) is 0. The Hall–Kier alpha value is -1.56. The van der Waals surface area contributed by atoms with Crippen molar-refractivity contribution in [2.45, 2.75) is 26.7 Å². The van der Waals surface area contributed by atoms with E-state index in [4.69, 9.17) is 0 Å². The van der Waals surface area contributed by atoms with E-state index in [1.807, 2.05) is 0 Å². The van der Waals surface area contributed by atoms with Crippen LogP contribution in [0, 0.1) is 5.92 Å². The van der Waals surface area contributed by atoms with E-state index in [-0.39, 0.29) is 0 Å². The smallest absolute Gasteiger partial charge is 0.0184 e. The van der Waals surface area contributed by atoms with Crippen molar-refractivity contribution in [2.75, 3.05) is 0 Å². The summed E-state index contributed by atoms with van der Waals surface area (Å²) < 4.78 is 0. The maximum absolute atomic E-state index is 2.28. The Kier molecular flexibility index (Phi) is 3.98. The van der Waals surface area contributed by atoms with Crippen molar-refractivity contribution >= 4 is 0 Å². The van der Waals surface area contributed by atoms with Gasteiger partial charge >= 0.3 is 0 Å². The van der Waals surface area contributed by atoms with Gasteiger partial charge in [-0.15, -0.1) is 0 Å². The van der Waals surface area contributed by atoms with Crippen LogP contribution in [0.25, 0.3) is 11.1 Å². The third-order valence-corrected chi connectivity index (χ3v) is 3.07. The molecule has 0 nitrogen and oxygen atoms in total. The maximum atomic E-state index is 2.28. The zero-order valence-electron chi connectivity index (χ0n) is 10.7. The highest BCUT2D eigenvalue weighted by Crippen LogP contribution is 2.20. The zero-order chi connectivity index (χ0) is 12.1. The van der Waals surface area contributed by atoms with E-state index in [0.717, 1.165) is 5.92 Å². The minimum Gasteiger partial charge on any atom is -0.0628 e. The van der Waals surface area contributed by atoms with E-state index in [1.54, 1.807) is 0 Å². The fourth-order valence-electron chi connectivity index (χ4n) is 1.95. The first-order chi connectivity index (χ1) is 8.25. The molecule has 2 aromatic rings. The molecule has 2 rings (SSSR count). The van der Waals surface area contributed by atoms with E-state index in [1.165, 1.54) is 29.5 Å². The van der Waals surface area contributed by atoms with Crippen LogP contribution in [0.2, 0.25) is 0 Å². The van der Waals surface area contributed by atoms with Gasteiger partial charge in [0.05, 0.1) is 0 Å². The molecule has 0 aliphatic heterocycles. The fourth-order valence-corrected chi connectivity index (χ4v) is 1.95. The molecule has 0 saturated carbocycles. The van der Waals surface area contributed by atoms with Gasteiger partial charge in [-0.1, -0.05) is 68.4 Å². The number of aryl methyl sites for hydroxylation is 1. The lowest BCUT2D eigenvalue weighted by Gasteiger charge is -2.06. The van der Waals surface area contributed by atoms with Crippen LogP contribution < -0.4 is 0 Å². The van der Waals surface area contributed by atoms with Gasteiger partial charge in [-0.3, -0.25) is 0 Å². The van der Waals surface area contributed by atoms with Crippen LogP contribution in [0.5, 0.6) is 0 Å². The highest BCUT2D eigenvalue weighted by atomic mass is 14.0. The first kappa shape index (κ1) is 11.9. The topological polar surface area (TPSA) is 0 Å². The largest absolute Gasteiger partial charge is 0.0628 e. The van der Waals surface area contributed by atoms with Crippen molar-refractivity contribution < 1.29 is 0 Å². The van der Waals surface area contributed by atoms with Crippen molar-refractivity contribution in [1.82, 2.24) is 0 Å². The molecular weight excluding hydrogens is 204 g/mol. The summed E-state index contributed by atoms with van der Waals surface area (Å²) in [5, 5.41) is 0. The molecule has 0 unspecified atom stereocenters. The summed E-state index contributed by atoms with van der Waals surface area (Å²) in [6, 6.07) is 19.5. The van der Waals surface area contributed by atoms with Crippen LogP contribution in [0.15, 0.2) is 54.6 Å². The van der Waals surface area contributed by atoms with Gasteiger partial charge in [0.1, 0.15) is 0 Å². The van der Waals surface area contributed by atoms with Crippen LogP contribution in [0.3, 0.4) is 0 Å². The monoisotopic (exact) mass is 224 g/mol. The average molecular weight is 224 g/mol. The van der Waals surface area contributed by atoms with E-state index in [9.17, 15) is 0 Å². The van der Waals surface area contributed by atoms with Gasteiger partial charge in [-0.25, -0.2) is 0 Å². The van der Waals surface area contributed by atoms with Gasteiger partial charge < -0.3 is 0 Å². The standard InChI is InChI=1S/C17H20/c1-14(2)8-9-15-10-12-17(13-11-15)16-6-4-3-5-7-16/h3-7,10-14H,8-9H2,1-2H3. The van der Waals surface area contributed by atoms with Crippen LogP contribution in [-0.4, -0.2) is 0 Å². The molecule has 0 heteroatoms. The van der Waals surface area contributed by atoms with Crippen molar-refractivity contribution in [3.8, 4) is 11.1 Å². The Labute approximate surface area is 104 Å². The quantitative estimate of drug-likeness (QED) is 0.690. The molecule has 0 radical (unpaired) electrons. The molecule has 0 N–H and O–H groups in total. The molecular formula is C17H20. The lowest BCUT2D eigenvalue weighted by atomic mass is 9.99. The van der Waals surface area contributed by atoms with Crippen LogP contribution in [0.1, 0.15) is 25.8 Å². The molecule has 0 amide bonds. The fraction of sp³-hybridized carbons (Fsp3) is 0.294. The lowest BCUT2D eigenvalue weighted by Crippen LogP contribution is -1.91. The van der Waals surface area contributed by atoms with Gasteiger partial charge in [-0.2, -0.15) is 0 Å². The van der Waals surface area contributed by atoms with E-state index in [0.29, 0.717) is 0 Å². The summed E-state index contributed by atoms with van der Waals surface area (Å²) >= 11 is 0. The van der Waals surface area contributed by atoms with Crippen LogP contribution >= 0.6 is 0 Å². The molecule has 0 bridgehead atoms. The number of rotatable bonds is 4. The highest BCUT2D eigenvalue weighted by Gasteiger charge is 1.99. The molecule has 0 aliphatic carbocycles. The van der Waals surface area contributed by atoms with Gasteiger partial charge in [0.15, 0.2) is 0 Å². The Morgan fingerprint density at radius 1 is 0.765 bits per heavy atom. The molecule has 0 fully saturated rings. The Morgan fingerprint density at radius 3 is 1.94 bits per heavy atom. The number of benzene rings is 2. The predicted molar refractivity (Wildman–Crippen MR) is 75.0 cm³/mol. The van der Waals surface area contributed by atoms with E-state index in [2.05, 4.69) is 68.4 Å². The van der Waals surface area contributed by atoms with Gasteiger partial charge in [0.2, 0.25) is 0 Å². The van der Waals surface area contributed by atoms with Crippen LogP contribution in [-0.2, 0) is 6.42 Å². The van der Waals surface area contributed by atoms with Crippen molar-refractivity contribution in [3.05, 3.63) is 60.2 Å². The highest BCUT2D eigenvalue weighted by molar-refractivity contribution is 5.63. The first-order valence-corrected chi connectivity index (χ1v) is 6.40. The molecule has 0 spiro atoms. The molecule has 88 valence electrons. The summed E-state index contributed by atoms with van der Waals surface area (Å²) in [5.74, 6) is 0.781. The minimum atomic E-state index is 0.781. The minimum absolute atomic E-state index is 0.781. The molecule has 2 aromatic carbocycles.